The van der Waals surface area contributed by atoms with Crippen LogP contribution in [-0.2, 0) is 0 Å². The molecule has 1 N–H and O–H groups in total. The fraction of sp³-hybridized carbons (Fsp3) is 0.111. The molecule has 0 spiro atoms. The summed E-state index contributed by atoms with van der Waals surface area (Å²) in [4.78, 5) is 16.6. The Morgan fingerprint density at radius 2 is 1.78 bits per heavy atom. The average Bonchev–Trinajstić information content (AvgIpc) is 2.84. The second-order valence-corrected chi connectivity index (χ2v) is 4.93. The molecule has 1 aliphatic rings. The number of fused-ring (bicyclic) bond motifs is 1. The Kier molecular flexibility index (Phi) is 3.85. The highest BCUT2D eigenvalue weighted by atomic mass is 16.5. The van der Waals surface area contributed by atoms with Gasteiger partial charge in [-0.1, -0.05) is 24.3 Å². The molecule has 0 heterocycles. The Balaban J connectivity index is 1.96. The zero-order valence-corrected chi connectivity index (χ0v) is 12.7. The number of aliphatic imine (C=N–C) groups is 1. The monoisotopic (exact) mass is 309 g/mol. The quantitative estimate of drug-likeness (QED) is 0.877. The van der Waals surface area contributed by atoms with Crippen molar-refractivity contribution < 1.29 is 19.4 Å². The Morgan fingerprint density at radius 1 is 1.04 bits per heavy atom. The van der Waals surface area contributed by atoms with Crippen LogP contribution in [0, 0.1) is 0 Å². The van der Waals surface area contributed by atoms with Crippen molar-refractivity contribution in [1.29, 1.82) is 0 Å². The van der Waals surface area contributed by atoms with Gasteiger partial charge in [0.25, 0.3) is 0 Å². The van der Waals surface area contributed by atoms with E-state index < -0.39 is 0 Å². The first kappa shape index (κ1) is 14.8. The van der Waals surface area contributed by atoms with Gasteiger partial charge in [0.2, 0.25) is 0 Å². The highest BCUT2D eigenvalue weighted by molar-refractivity contribution is 6.30. The van der Waals surface area contributed by atoms with E-state index in [1.54, 1.807) is 49.6 Å². The second kappa shape index (κ2) is 5.96. The van der Waals surface area contributed by atoms with Gasteiger partial charge in [-0.2, -0.15) is 0 Å². The summed E-state index contributed by atoms with van der Waals surface area (Å²) in [7, 11) is 3.09. The summed E-state index contributed by atoms with van der Waals surface area (Å²) in [6.45, 7) is 0. The Labute approximate surface area is 133 Å². The van der Waals surface area contributed by atoms with Gasteiger partial charge in [0.1, 0.15) is 22.9 Å². The summed E-state index contributed by atoms with van der Waals surface area (Å²) in [6, 6.07) is 12.1. The van der Waals surface area contributed by atoms with Gasteiger partial charge in [-0.15, -0.1) is 0 Å². The molecule has 23 heavy (non-hydrogen) atoms. The Bertz CT molecular complexity index is 837. The number of allylic oxidation sites excluding steroid dienone is 1. The van der Waals surface area contributed by atoms with Crippen molar-refractivity contribution in [2.45, 2.75) is 0 Å². The minimum atomic E-state index is -0.241. The van der Waals surface area contributed by atoms with Crippen LogP contribution in [0.5, 0.6) is 11.5 Å². The predicted molar refractivity (Wildman–Crippen MR) is 88.0 cm³/mol. The summed E-state index contributed by atoms with van der Waals surface area (Å²) in [5.41, 5.74) is 1.72. The zero-order chi connectivity index (χ0) is 16.4. The topological polar surface area (TPSA) is 68.1 Å². The molecule has 2 aromatic rings. The molecule has 1 aliphatic carbocycles. The van der Waals surface area contributed by atoms with Crippen LogP contribution in [0.1, 0.15) is 15.9 Å². The standard InChI is InChI=1S/C18H15NO4/c1-22-11-7-8-15(16(9-11)23-2)19-10-14-17(20)12-5-3-4-6-13(12)18(14)21/h3-10,20H,1-2H3. The molecule has 0 amide bonds. The van der Waals surface area contributed by atoms with Crippen molar-refractivity contribution in [3.8, 4) is 11.5 Å². The van der Waals surface area contributed by atoms with Crippen molar-refractivity contribution in [2.24, 2.45) is 4.99 Å². The summed E-state index contributed by atoms with van der Waals surface area (Å²) >= 11 is 0. The Morgan fingerprint density at radius 3 is 2.43 bits per heavy atom. The third-order valence-corrected chi connectivity index (χ3v) is 3.65. The number of ether oxygens (including phenoxy) is 2. The molecule has 0 aliphatic heterocycles. The molecule has 0 radical (unpaired) electrons. The number of nitrogens with zero attached hydrogens (tertiary/aromatic N) is 1. The number of benzene rings is 2. The fourth-order valence-corrected chi connectivity index (χ4v) is 2.43. The minimum Gasteiger partial charge on any atom is -0.506 e. The minimum absolute atomic E-state index is 0.0539. The van der Waals surface area contributed by atoms with E-state index in [2.05, 4.69) is 4.99 Å². The van der Waals surface area contributed by atoms with E-state index in [-0.39, 0.29) is 17.1 Å². The number of aliphatic hydroxyl groups is 1. The number of hydrogen-bond acceptors (Lipinski definition) is 5. The highest BCUT2D eigenvalue weighted by Gasteiger charge is 2.27. The molecule has 0 atom stereocenters. The number of carbonyl (C=O) groups is 1. The lowest BCUT2D eigenvalue weighted by atomic mass is 10.1. The van der Waals surface area contributed by atoms with Crippen molar-refractivity contribution in [3.05, 3.63) is 59.2 Å². The smallest absolute Gasteiger partial charge is 0.199 e. The van der Waals surface area contributed by atoms with Crippen LogP contribution in [0.4, 0.5) is 5.69 Å². The van der Waals surface area contributed by atoms with Crippen molar-refractivity contribution in [1.82, 2.24) is 0 Å². The highest BCUT2D eigenvalue weighted by Crippen LogP contribution is 2.33. The maximum Gasteiger partial charge on any atom is 0.199 e. The van der Waals surface area contributed by atoms with E-state index in [9.17, 15) is 9.90 Å². The number of hydrogen-bond donors (Lipinski definition) is 1. The number of aliphatic hydroxyl groups excluding tert-OH is 1. The van der Waals surface area contributed by atoms with Gasteiger partial charge in [-0.25, -0.2) is 0 Å². The molecule has 2 aromatic carbocycles. The molecule has 0 unspecified atom stereocenters. The normalized spacial score (nSPS) is 13.6. The van der Waals surface area contributed by atoms with E-state index in [4.69, 9.17) is 9.47 Å². The van der Waals surface area contributed by atoms with Gasteiger partial charge in [-0.05, 0) is 12.1 Å². The first-order valence-electron chi connectivity index (χ1n) is 6.99. The molecule has 3 rings (SSSR count). The molecule has 5 heteroatoms. The SMILES string of the molecule is COc1ccc(N=CC2=C(O)c3ccccc3C2=O)c(OC)c1. The molecule has 116 valence electrons. The first-order chi connectivity index (χ1) is 11.2. The van der Waals surface area contributed by atoms with Crippen molar-refractivity contribution >= 4 is 23.4 Å². The van der Waals surface area contributed by atoms with Gasteiger partial charge >= 0.3 is 0 Å². The van der Waals surface area contributed by atoms with E-state index in [1.807, 2.05) is 0 Å². The largest absolute Gasteiger partial charge is 0.506 e. The number of methoxy groups -OCH3 is 2. The van der Waals surface area contributed by atoms with Crippen LogP contribution in [-0.4, -0.2) is 31.3 Å². The van der Waals surface area contributed by atoms with Gasteiger partial charge in [0.05, 0.1) is 19.8 Å². The van der Waals surface area contributed by atoms with Crippen molar-refractivity contribution in [2.75, 3.05) is 14.2 Å². The molecule has 0 saturated heterocycles. The van der Waals surface area contributed by atoms with E-state index >= 15 is 0 Å². The van der Waals surface area contributed by atoms with Crippen LogP contribution in [0.25, 0.3) is 5.76 Å². The number of carbonyl (C=O) groups excluding carboxylic acids is 1. The third kappa shape index (κ3) is 2.57. The van der Waals surface area contributed by atoms with Gasteiger partial charge in [-0.3, -0.25) is 9.79 Å². The van der Waals surface area contributed by atoms with Gasteiger partial charge in [0.15, 0.2) is 5.78 Å². The number of rotatable bonds is 4. The average molecular weight is 309 g/mol. The molecule has 0 bridgehead atoms. The maximum absolute atomic E-state index is 12.3. The zero-order valence-electron chi connectivity index (χ0n) is 12.7. The number of ketones is 1. The summed E-state index contributed by atoms with van der Waals surface area (Å²) in [5, 5.41) is 10.2. The lowest BCUT2D eigenvalue weighted by molar-refractivity contribution is 0.104. The van der Waals surface area contributed by atoms with E-state index in [0.29, 0.717) is 28.3 Å². The summed E-state index contributed by atoms with van der Waals surface area (Å²) in [6.07, 6.45) is 1.36. The Hall–Kier alpha value is -3.08. The molecule has 0 saturated carbocycles. The maximum atomic E-state index is 12.3. The van der Waals surface area contributed by atoms with Gasteiger partial charge in [0, 0.05) is 23.4 Å². The molecule has 5 nitrogen and oxygen atoms in total. The van der Waals surface area contributed by atoms with E-state index in [0.717, 1.165) is 0 Å². The summed E-state index contributed by atoms with van der Waals surface area (Å²) < 4.78 is 10.4. The van der Waals surface area contributed by atoms with Crippen molar-refractivity contribution in [3.63, 3.8) is 0 Å². The van der Waals surface area contributed by atoms with E-state index in [1.165, 1.54) is 13.3 Å². The predicted octanol–water partition coefficient (Wildman–Crippen LogP) is 3.57. The first-order valence-corrected chi connectivity index (χ1v) is 6.99. The van der Waals surface area contributed by atoms with Crippen LogP contribution in [0.2, 0.25) is 0 Å². The lowest BCUT2D eigenvalue weighted by Crippen LogP contribution is -1.99. The van der Waals surface area contributed by atoms with Crippen LogP contribution in [0.15, 0.2) is 53.0 Å². The fourth-order valence-electron chi connectivity index (χ4n) is 2.43. The van der Waals surface area contributed by atoms with Crippen LogP contribution >= 0.6 is 0 Å². The molecule has 0 fully saturated rings. The van der Waals surface area contributed by atoms with Crippen LogP contribution < -0.4 is 9.47 Å². The molecular formula is C18H15NO4. The molecule has 0 aromatic heterocycles. The third-order valence-electron chi connectivity index (χ3n) is 3.65. The molecular weight excluding hydrogens is 294 g/mol. The number of Topliss-reactive ketones (excluding diaryl/α,β-unsaturated/α-hetero) is 1. The van der Waals surface area contributed by atoms with Crippen LogP contribution in [0.3, 0.4) is 0 Å². The summed E-state index contributed by atoms with van der Waals surface area (Å²) in [5.74, 6) is 0.868. The lowest BCUT2D eigenvalue weighted by Gasteiger charge is -2.06. The van der Waals surface area contributed by atoms with Gasteiger partial charge < -0.3 is 14.6 Å². The second-order valence-electron chi connectivity index (χ2n) is 4.93.